The van der Waals surface area contributed by atoms with Crippen molar-refractivity contribution in [2.75, 3.05) is 0 Å². The van der Waals surface area contributed by atoms with E-state index >= 15 is 0 Å². The van der Waals surface area contributed by atoms with Gasteiger partial charge in [0.25, 0.3) is 0 Å². The topological polar surface area (TPSA) is 35.6 Å². The summed E-state index contributed by atoms with van der Waals surface area (Å²) in [6.07, 6.45) is 0. The van der Waals surface area contributed by atoms with Crippen LogP contribution in [-0.4, -0.2) is 19.1 Å². The van der Waals surface area contributed by atoms with Crippen molar-refractivity contribution in [1.29, 1.82) is 0 Å². The van der Waals surface area contributed by atoms with Gasteiger partial charge in [0.15, 0.2) is 5.82 Å². The molecule has 8 aromatic carbocycles. The molecular weight excluding hydrogens is 729 g/mol. The minimum Gasteiger partial charge on any atom is -0.309 e. The number of hydrogen-bond donors (Lipinski definition) is 0. The molecule has 0 saturated heterocycles. The SMILES string of the molecule is Cc1cccc(-c2cc(-c3cc(C)c(-c4ccc(-n5c6ccccc6c6cc(-n7c8ccccc8c8ccccc87)ccc65)cc4)c(C)c3)nc(-c3cccc(C)c3)n2)c1. The molecule has 0 aliphatic carbocycles. The minimum atomic E-state index is 0.732. The normalized spacial score (nSPS) is 11.7. The second kappa shape index (κ2) is 14.1. The third-order valence-corrected chi connectivity index (χ3v) is 12.1. The van der Waals surface area contributed by atoms with Gasteiger partial charge >= 0.3 is 0 Å². The molecule has 0 N–H and O–H groups in total. The molecule has 0 amide bonds. The lowest BCUT2D eigenvalue weighted by molar-refractivity contribution is 1.16. The van der Waals surface area contributed by atoms with Crippen LogP contribution >= 0.6 is 0 Å². The number of aromatic nitrogens is 4. The third-order valence-electron chi connectivity index (χ3n) is 12.1. The number of hydrogen-bond acceptors (Lipinski definition) is 2. The molecule has 0 spiro atoms. The molecule has 60 heavy (non-hydrogen) atoms. The monoisotopic (exact) mass is 770 g/mol. The quantitative estimate of drug-likeness (QED) is 0.169. The van der Waals surface area contributed by atoms with E-state index in [-0.39, 0.29) is 0 Å². The standard InChI is InChI=1S/C56H42N4/c1-35-13-11-15-40(29-35)49-34-50(58-56(57-49)41-16-12-14-36(2)30-41)42-31-37(3)55(38(4)32-42)39-23-25-43(26-24-39)59-53-22-10-7-19-47(53)48-33-44(27-28-54(48)59)60-51-20-8-5-17-45(51)46-18-6-9-21-52(46)60/h5-34H,1-4H3. The van der Waals surface area contributed by atoms with E-state index in [2.05, 4.69) is 219 Å². The Morgan fingerprint density at radius 3 is 1.42 bits per heavy atom. The Hall–Kier alpha value is -7.56. The number of aryl methyl sites for hydroxylation is 4. The lowest BCUT2D eigenvalue weighted by atomic mass is 9.92. The molecule has 0 aliphatic rings. The largest absolute Gasteiger partial charge is 0.309 e. The number of para-hydroxylation sites is 3. The van der Waals surface area contributed by atoms with Crippen molar-refractivity contribution in [3.8, 4) is 56.4 Å². The Morgan fingerprint density at radius 1 is 0.333 bits per heavy atom. The van der Waals surface area contributed by atoms with Crippen molar-refractivity contribution >= 4 is 43.6 Å². The second-order valence-corrected chi connectivity index (χ2v) is 16.2. The molecule has 0 aliphatic heterocycles. The van der Waals surface area contributed by atoms with Crippen LogP contribution in [0.2, 0.25) is 0 Å². The first-order chi connectivity index (χ1) is 29.4. The molecule has 0 unspecified atom stereocenters. The molecule has 0 saturated carbocycles. The summed E-state index contributed by atoms with van der Waals surface area (Å²) >= 11 is 0. The number of nitrogens with zero attached hydrogens (tertiary/aromatic N) is 4. The molecule has 4 nitrogen and oxygen atoms in total. The molecule has 3 heterocycles. The van der Waals surface area contributed by atoms with Crippen molar-refractivity contribution in [3.05, 3.63) is 204 Å². The number of rotatable bonds is 6. The highest BCUT2D eigenvalue weighted by molar-refractivity contribution is 6.12. The van der Waals surface area contributed by atoms with Crippen LogP contribution in [0.4, 0.5) is 0 Å². The molecule has 0 fully saturated rings. The Labute approximate surface area is 349 Å². The van der Waals surface area contributed by atoms with Crippen LogP contribution in [-0.2, 0) is 0 Å². The lowest BCUT2D eigenvalue weighted by Gasteiger charge is -2.16. The lowest BCUT2D eigenvalue weighted by Crippen LogP contribution is -1.98. The highest BCUT2D eigenvalue weighted by atomic mass is 15.0. The molecule has 0 atom stereocenters. The summed E-state index contributed by atoms with van der Waals surface area (Å²) < 4.78 is 4.80. The summed E-state index contributed by atoms with van der Waals surface area (Å²) in [4.78, 5) is 10.3. The van der Waals surface area contributed by atoms with Crippen LogP contribution in [0.5, 0.6) is 0 Å². The number of fused-ring (bicyclic) bond motifs is 6. The van der Waals surface area contributed by atoms with Gasteiger partial charge in [-0.25, -0.2) is 9.97 Å². The maximum atomic E-state index is 5.17. The molecule has 3 aromatic heterocycles. The molecule has 4 heteroatoms. The Morgan fingerprint density at radius 2 is 0.817 bits per heavy atom. The summed E-state index contributed by atoms with van der Waals surface area (Å²) in [6.45, 7) is 8.66. The minimum absolute atomic E-state index is 0.732. The van der Waals surface area contributed by atoms with Crippen LogP contribution in [0.15, 0.2) is 182 Å². The van der Waals surface area contributed by atoms with E-state index in [1.807, 2.05) is 0 Å². The Balaban J connectivity index is 0.983. The van der Waals surface area contributed by atoms with Gasteiger partial charge in [0.2, 0.25) is 0 Å². The average Bonchev–Trinajstić information content (AvgIpc) is 3.79. The van der Waals surface area contributed by atoms with Crippen LogP contribution in [0, 0.1) is 27.7 Å². The van der Waals surface area contributed by atoms with Gasteiger partial charge in [-0.3, -0.25) is 0 Å². The molecule has 286 valence electrons. The van der Waals surface area contributed by atoms with Crippen molar-refractivity contribution < 1.29 is 0 Å². The van der Waals surface area contributed by atoms with Gasteiger partial charge in [0.1, 0.15) is 0 Å². The smallest absolute Gasteiger partial charge is 0.160 e. The Bertz CT molecular complexity index is 3330. The first-order valence-corrected chi connectivity index (χ1v) is 20.7. The first kappa shape index (κ1) is 35.6. The fourth-order valence-corrected chi connectivity index (χ4v) is 9.38. The fourth-order valence-electron chi connectivity index (χ4n) is 9.38. The van der Waals surface area contributed by atoms with E-state index in [0.29, 0.717) is 0 Å². The summed E-state index contributed by atoms with van der Waals surface area (Å²) in [7, 11) is 0. The summed E-state index contributed by atoms with van der Waals surface area (Å²) in [5.74, 6) is 0.732. The Kier molecular flexibility index (Phi) is 8.35. The second-order valence-electron chi connectivity index (χ2n) is 16.2. The van der Waals surface area contributed by atoms with Gasteiger partial charge in [0.05, 0.1) is 33.5 Å². The summed E-state index contributed by atoms with van der Waals surface area (Å²) in [5, 5.41) is 5.01. The molecule has 11 aromatic rings. The van der Waals surface area contributed by atoms with Gasteiger partial charge in [0, 0.05) is 49.6 Å². The highest BCUT2D eigenvalue weighted by Gasteiger charge is 2.18. The van der Waals surface area contributed by atoms with Crippen molar-refractivity contribution in [2.24, 2.45) is 0 Å². The van der Waals surface area contributed by atoms with E-state index in [1.165, 1.54) is 77.0 Å². The van der Waals surface area contributed by atoms with Crippen molar-refractivity contribution in [1.82, 2.24) is 19.1 Å². The number of benzene rings is 8. The van der Waals surface area contributed by atoms with E-state index < -0.39 is 0 Å². The zero-order chi connectivity index (χ0) is 40.5. The molecule has 11 rings (SSSR count). The van der Waals surface area contributed by atoms with E-state index in [4.69, 9.17) is 9.97 Å². The van der Waals surface area contributed by atoms with Gasteiger partial charge in [-0.1, -0.05) is 114 Å². The maximum Gasteiger partial charge on any atom is 0.160 e. The van der Waals surface area contributed by atoms with Crippen LogP contribution in [0.25, 0.3) is 100 Å². The van der Waals surface area contributed by atoms with Crippen LogP contribution in [0.1, 0.15) is 22.3 Å². The van der Waals surface area contributed by atoms with Gasteiger partial charge in [-0.2, -0.15) is 0 Å². The van der Waals surface area contributed by atoms with Crippen LogP contribution < -0.4 is 0 Å². The zero-order valence-corrected chi connectivity index (χ0v) is 34.1. The summed E-state index contributed by atoms with van der Waals surface area (Å²) in [6, 6.07) is 65.8. The summed E-state index contributed by atoms with van der Waals surface area (Å²) in [5.41, 5.74) is 19.4. The van der Waals surface area contributed by atoms with Crippen LogP contribution in [0.3, 0.4) is 0 Å². The zero-order valence-electron chi connectivity index (χ0n) is 34.1. The molecule has 0 radical (unpaired) electrons. The van der Waals surface area contributed by atoms with Crippen molar-refractivity contribution in [2.45, 2.75) is 27.7 Å². The average molecular weight is 771 g/mol. The first-order valence-electron chi connectivity index (χ1n) is 20.7. The van der Waals surface area contributed by atoms with E-state index in [0.717, 1.165) is 45.3 Å². The highest BCUT2D eigenvalue weighted by Crippen LogP contribution is 2.39. The van der Waals surface area contributed by atoms with Gasteiger partial charge in [-0.05, 0) is 129 Å². The van der Waals surface area contributed by atoms with Gasteiger partial charge < -0.3 is 9.13 Å². The molecule has 0 bridgehead atoms. The van der Waals surface area contributed by atoms with E-state index in [9.17, 15) is 0 Å². The third kappa shape index (κ3) is 5.91. The van der Waals surface area contributed by atoms with Gasteiger partial charge in [-0.15, -0.1) is 0 Å². The maximum absolute atomic E-state index is 5.17. The fraction of sp³-hybridized carbons (Fsp3) is 0.0714. The molecular formula is C56H42N4. The predicted octanol–water partition coefficient (Wildman–Crippen LogP) is 14.6. The van der Waals surface area contributed by atoms with Crippen molar-refractivity contribution in [3.63, 3.8) is 0 Å². The van der Waals surface area contributed by atoms with E-state index in [1.54, 1.807) is 0 Å². The predicted molar refractivity (Wildman–Crippen MR) is 251 cm³/mol.